The molecule has 0 bridgehead atoms. The average Bonchev–Trinajstić information content (AvgIpc) is 2.35. The lowest BCUT2D eigenvalue weighted by Crippen LogP contribution is -2.48. The number of rotatable bonds is 8. The molecule has 102 valence electrons. The highest BCUT2D eigenvalue weighted by Gasteiger charge is 2.21. The number of aliphatic carboxylic acids is 1. The molecular formula is C11H19N3O4. The van der Waals surface area contributed by atoms with Gasteiger partial charge in [0.1, 0.15) is 6.04 Å². The van der Waals surface area contributed by atoms with Gasteiger partial charge in [0.2, 0.25) is 0 Å². The zero-order valence-electron chi connectivity index (χ0n) is 10.7. The summed E-state index contributed by atoms with van der Waals surface area (Å²) in [5.41, 5.74) is 0. The van der Waals surface area contributed by atoms with Crippen molar-refractivity contribution in [3.63, 3.8) is 0 Å². The largest absolute Gasteiger partial charge is 0.480 e. The minimum atomic E-state index is -1.07. The number of methoxy groups -OCH3 is 1. The van der Waals surface area contributed by atoms with Crippen LogP contribution in [0.2, 0.25) is 0 Å². The van der Waals surface area contributed by atoms with Crippen LogP contribution in [0.1, 0.15) is 19.8 Å². The van der Waals surface area contributed by atoms with E-state index in [1.165, 1.54) is 12.0 Å². The third kappa shape index (κ3) is 6.06. The van der Waals surface area contributed by atoms with E-state index in [4.69, 9.17) is 15.1 Å². The molecule has 7 heteroatoms. The number of carboxylic acid groups (broad SMARTS) is 1. The number of amides is 2. The van der Waals surface area contributed by atoms with Gasteiger partial charge in [-0.05, 0) is 6.42 Å². The normalized spacial score (nSPS) is 11.4. The number of hydrogen-bond acceptors (Lipinski definition) is 4. The van der Waals surface area contributed by atoms with Crippen LogP contribution in [0.4, 0.5) is 4.79 Å². The lowest BCUT2D eigenvalue weighted by atomic mass is 10.2. The Balaban J connectivity index is 4.43. The first kappa shape index (κ1) is 16.2. The molecule has 0 aromatic heterocycles. The summed E-state index contributed by atoms with van der Waals surface area (Å²) < 4.78 is 4.86. The fourth-order valence-electron chi connectivity index (χ4n) is 1.28. The van der Waals surface area contributed by atoms with E-state index in [0.29, 0.717) is 19.6 Å². The van der Waals surface area contributed by atoms with Gasteiger partial charge in [0.15, 0.2) is 0 Å². The Hall–Kier alpha value is -1.81. The number of carboxylic acids is 1. The predicted molar refractivity (Wildman–Crippen MR) is 63.9 cm³/mol. The van der Waals surface area contributed by atoms with Crippen molar-refractivity contribution < 1.29 is 19.4 Å². The third-order valence-electron chi connectivity index (χ3n) is 2.35. The second-order valence-corrected chi connectivity index (χ2v) is 3.64. The summed E-state index contributed by atoms with van der Waals surface area (Å²) in [6, 6.07) is 0.539. The van der Waals surface area contributed by atoms with Crippen LogP contribution in [0, 0.1) is 11.3 Å². The van der Waals surface area contributed by atoms with Crippen molar-refractivity contribution >= 4 is 12.0 Å². The van der Waals surface area contributed by atoms with Gasteiger partial charge in [-0.3, -0.25) is 0 Å². The smallest absolute Gasteiger partial charge is 0.326 e. The maximum absolute atomic E-state index is 11.8. The maximum Gasteiger partial charge on any atom is 0.326 e. The van der Waals surface area contributed by atoms with E-state index >= 15 is 0 Å². The molecule has 0 aliphatic heterocycles. The predicted octanol–water partition coefficient (Wildman–Crippen LogP) is 0.421. The maximum atomic E-state index is 11.8. The highest BCUT2D eigenvalue weighted by Crippen LogP contribution is 1.97. The van der Waals surface area contributed by atoms with E-state index in [1.807, 2.05) is 6.07 Å². The molecule has 0 spiro atoms. The van der Waals surface area contributed by atoms with Crippen molar-refractivity contribution in [1.29, 1.82) is 5.26 Å². The van der Waals surface area contributed by atoms with Crippen LogP contribution >= 0.6 is 0 Å². The van der Waals surface area contributed by atoms with Crippen LogP contribution in [-0.4, -0.2) is 54.9 Å². The monoisotopic (exact) mass is 257 g/mol. The van der Waals surface area contributed by atoms with Crippen LogP contribution in [-0.2, 0) is 9.53 Å². The lowest BCUT2D eigenvalue weighted by molar-refractivity contribution is -0.139. The number of hydrogen-bond donors (Lipinski definition) is 2. The number of ether oxygens (including phenoxy) is 1. The van der Waals surface area contributed by atoms with Gasteiger partial charge in [0.25, 0.3) is 0 Å². The van der Waals surface area contributed by atoms with Crippen molar-refractivity contribution in [1.82, 2.24) is 10.2 Å². The van der Waals surface area contributed by atoms with Gasteiger partial charge in [-0.2, -0.15) is 5.26 Å². The number of nitrogens with one attached hydrogen (secondary N) is 1. The first-order valence-electron chi connectivity index (χ1n) is 5.70. The molecule has 2 amide bonds. The molecule has 0 heterocycles. The standard InChI is InChI=1S/C11H19N3O4/c1-3-9(10(15)16)13-11(17)14(6-4-5-12)7-8-18-2/h9H,3-4,6-8H2,1-2H3,(H,13,17)(H,15,16)/t9-/m0/s1. The number of urea groups is 1. The minimum Gasteiger partial charge on any atom is -0.480 e. The molecule has 1 atom stereocenters. The quantitative estimate of drug-likeness (QED) is 0.656. The number of nitriles is 1. The summed E-state index contributed by atoms with van der Waals surface area (Å²) in [6.45, 7) is 2.58. The van der Waals surface area contributed by atoms with E-state index in [1.54, 1.807) is 6.92 Å². The summed E-state index contributed by atoms with van der Waals surface area (Å²) in [5.74, 6) is -1.07. The van der Waals surface area contributed by atoms with Crippen LogP contribution < -0.4 is 5.32 Å². The molecule has 0 fully saturated rings. The Bertz CT molecular complexity index is 314. The summed E-state index contributed by atoms with van der Waals surface area (Å²) in [7, 11) is 1.51. The van der Waals surface area contributed by atoms with Crippen molar-refractivity contribution in [2.45, 2.75) is 25.8 Å². The van der Waals surface area contributed by atoms with E-state index in [0.717, 1.165) is 0 Å². The molecule has 0 saturated heterocycles. The minimum absolute atomic E-state index is 0.195. The van der Waals surface area contributed by atoms with Gasteiger partial charge in [-0.15, -0.1) is 0 Å². The molecule has 0 unspecified atom stereocenters. The van der Waals surface area contributed by atoms with E-state index in [9.17, 15) is 9.59 Å². The van der Waals surface area contributed by atoms with Crippen LogP contribution in [0.3, 0.4) is 0 Å². The van der Waals surface area contributed by atoms with Gasteiger partial charge in [0, 0.05) is 20.2 Å². The molecule has 0 radical (unpaired) electrons. The topological polar surface area (TPSA) is 103 Å². The molecule has 0 aromatic carbocycles. The van der Waals surface area contributed by atoms with Crippen molar-refractivity contribution in [2.75, 3.05) is 26.8 Å². The number of carbonyl (C=O) groups is 2. The average molecular weight is 257 g/mol. The first-order chi connectivity index (χ1) is 8.56. The number of nitrogens with zero attached hydrogens (tertiary/aromatic N) is 2. The molecular weight excluding hydrogens is 238 g/mol. The zero-order valence-corrected chi connectivity index (χ0v) is 10.7. The van der Waals surface area contributed by atoms with Crippen molar-refractivity contribution in [3.05, 3.63) is 0 Å². The Morgan fingerprint density at radius 3 is 2.61 bits per heavy atom. The highest BCUT2D eigenvalue weighted by molar-refractivity contribution is 5.82. The third-order valence-corrected chi connectivity index (χ3v) is 2.35. The van der Waals surface area contributed by atoms with Gasteiger partial charge in [0.05, 0.1) is 19.1 Å². The SMILES string of the molecule is CC[C@H](NC(=O)N(CCC#N)CCOC)C(=O)O. The van der Waals surface area contributed by atoms with E-state index < -0.39 is 18.0 Å². The fourth-order valence-corrected chi connectivity index (χ4v) is 1.28. The molecule has 0 aliphatic carbocycles. The van der Waals surface area contributed by atoms with E-state index in [2.05, 4.69) is 5.32 Å². The Labute approximate surface area is 106 Å². The van der Waals surface area contributed by atoms with Gasteiger partial charge in [-0.25, -0.2) is 9.59 Å². The van der Waals surface area contributed by atoms with Crippen molar-refractivity contribution in [3.8, 4) is 6.07 Å². The Morgan fingerprint density at radius 2 is 2.17 bits per heavy atom. The van der Waals surface area contributed by atoms with Gasteiger partial charge < -0.3 is 20.1 Å². The Morgan fingerprint density at radius 1 is 1.50 bits per heavy atom. The first-order valence-corrected chi connectivity index (χ1v) is 5.70. The molecule has 0 saturated carbocycles. The summed E-state index contributed by atoms with van der Waals surface area (Å²) in [4.78, 5) is 24.0. The Kier molecular flexibility index (Phi) is 8.31. The highest BCUT2D eigenvalue weighted by atomic mass is 16.5. The molecule has 18 heavy (non-hydrogen) atoms. The molecule has 7 nitrogen and oxygen atoms in total. The molecule has 0 aliphatic rings. The van der Waals surface area contributed by atoms with Crippen LogP contribution in [0.15, 0.2) is 0 Å². The summed E-state index contributed by atoms with van der Waals surface area (Å²) >= 11 is 0. The fraction of sp³-hybridized carbons (Fsp3) is 0.727. The molecule has 2 N–H and O–H groups in total. The number of carbonyl (C=O) groups excluding carboxylic acids is 1. The molecule has 0 rings (SSSR count). The van der Waals surface area contributed by atoms with Crippen LogP contribution in [0.25, 0.3) is 0 Å². The lowest BCUT2D eigenvalue weighted by Gasteiger charge is -2.23. The van der Waals surface area contributed by atoms with E-state index in [-0.39, 0.29) is 13.0 Å². The molecule has 0 aromatic rings. The summed E-state index contributed by atoms with van der Waals surface area (Å²) in [6.07, 6.45) is 0.498. The second kappa shape index (κ2) is 9.24. The van der Waals surface area contributed by atoms with Crippen LogP contribution in [0.5, 0.6) is 0 Å². The van der Waals surface area contributed by atoms with Gasteiger partial charge >= 0.3 is 12.0 Å². The second-order valence-electron chi connectivity index (χ2n) is 3.64. The van der Waals surface area contributed by atoms with Crippen molar-refractivity contribution in [2.24, 2.45) is 0 Å². The summed E-state index contributed by atoms with van der Waals surface area (Å²) in [5, 5.41) is 19.8. The zero-order chi connectivity index (χ0) is 14.0. The van der Waals surface area contributed by atoms with Gasteiger partial charge in [-0.1, -0.05) is 6.92 Å².